The highest BCUT2D eigenvalue weighted by Gasteiger charge is 2.35. The minimum Gasteiger partial charge on any atom is -0.465 e. The molecular weight excluding hydrogens is 292 g/mol. The fourth-order valence-corrected chi connectivity index (χ4v) is 3.52. The van der Waals surface area contributed by atoms with Gasteiger partial charge in [-0.15, -0.1) is 0 Å². The van der Waals surface area contributed by atoms with Crippen molar-refractivity contribution in [3.05, 3.63) is 23.8 Å². The number of benzene rings is 1. The van der Waals surface area contributed by atoms with Crippen molar-refractivity contribution in [2.75, 3.05) is 19.9 Å². The van der Waals surface area contributed by atoms with E-state index in [9.17, 15) is 13.2 Å². The fourth-order valence-electron chi connectivity index (χ4n) is 1.73. The highest BCUT2D eigenvalue weighted by Crippen LogP contribution is 2.28. The lowest BCUT2D eigenvalue weighted by molar-refractivity contribution is 0.0596. The van der Waals surface area contributed by atoms with Crippen molar-refractivity contribution in [1.82, 2.24) is 4.31 Å². The largest absolute Gasteiger partial charge is 0.465 e. The van der Waals surface area contributed by atoms with Crippen LogP contribution in [-0.2, 0) is 14.8 Å². The first-order valence-electron chi connectivity index (χ1n) is 6.54. The van der Waals surface area contributed by atoms with E-state index < -0.39 is 21.5 Å². The van der Waals surface area contributed by atoms with Gasteiger partial charge in [0, 0.05) is 18.3 Å². The Balaban J connectivity index is 3.51. The number of carbonyl (C=O) groups is 1. The number of nitrogens with zero attached hydrogens (tertiary/aromatic N) is 1. The van der Waals surface area contributed by atoms with Gasteiger partial charge in [-0.05, 0) is 38.5 Å². The third-order valence-electron chi connectivity index (χ3n) is 3.77. The Morgan fingerprint density at radius 3 is 2.43 bits per heavy atom. The Labute approximate surface area is 125 Å². The van der Waals surface area contributed by atoms with Crippen LogP contribution < -0.4 is 5.73 Å². The average Bonchev–Trinajstić information content (AvgIpc) is 2.45. The Hall–Kier alpha value is -1.60. The summed E-state index contributed by atoms with van der Waals surface area (Å²) >= 11 is 0. The summed E-state index contributed by atoms with van der Waals surface area (Å²) in [6.45, 7) is 5.52. The van der Waals surface area contributed by atoms with E-state index in [1.54, 1.807) is 0 Å². The maximum Gasteiger partial charge on any atom is 0.339 e. The first-order chi connectivity index (χ1) is 9.57. The molecule has 0 amide bonds. The predicted octanol–water partition coefficient (Wildman–Crippen LogP) is 1.86. The van der Waals surface area contributed by atoms with Crippen LogP contribution in [0.25, 0.3) is 0 Å². The smallest absolute Gasteiger partial charge is 0.339 e. The number of hydrogen-bond donors (Lipinski definition) is 1. The maximum atomic E-state index is 12.8. The van der Waals surface area contributed by atoms with Gasteiger partial charge in [0.25, 0.3) is 0 Å². The van der Waals surface area contributed by atoms with Crippen LogP contribution in [0.3, 0.4) is 0 Å². The molecule has 1 rings (SSSR count). The molecule has 0 spiro atoms. The summed E-state index contributed by atoms with van der Waals surface area (Å²) in [7, 11) is -1.17. The highest BCUT2D eigenvalue weighted by atomic mass is 32.2. The number of nitrogen functional groups attached to an aromatic ring is 1. The van der Waals surface area contributed by atoms with E-state index in [1.807, 2.05) is 20.8 Å². The minimum absolute atomic E-state index is 0.0227. The van der Waals surface area contributed by atoms with E-state index in [2.05, 4.69) is 4.74 Å². The third-order valence-corrected chi connectivity index (χ3v) is 5.88. The van der Waals surface area contributed by atoms with E-state index in [0.29, 0.717) is 6.42 Å². The summed E-state index contributed by atoms with van der Waals surface area (Å²) in [6.07, 6.45) is 0.624. The molecule has 0 aliphatic heterocycles. The minimum atomic E-state index is -3.86. The van der Waals surface area contributed by atoms with Crippen molar-refractivity contribution < 1.29 is 17.9 Å². The van der Waals surface area contributed by atoms with Gasteiger partial charge in [0.05, 0.1) is 17.6 Å². The first kappa shape index (κ1) is 17.5. The van der Waals surface area contributed by atoms with Crippen LogP contribution >= 0.6 is 0 Å². The van der Waals surface area contributed by atoms with Gasteiger partial charge in [0.1, 0.15) is 0 Å². The summed E-state index contributed by atoms with van der Waals surface area (Å²) in [5.74, 6) is -0.712. The van der Waals surface area contributed by atoms with Crippen molar-refractivity contribution in [3.8, 4) is 0 Å². The van der Waals surface area contributed by atoms with E-state index in [0.717, 1.165) is 0 Å². The molecule has 0 saturated heterocycles. The zero-order chi connectivity index (χ0) is 16.4. The Kier molecular flexibility index (Phi) is 5.01. The van der Waals surface area contributed by atoms with Crippen molar-refractivity contribution in [3.63, 3.8) is 0 Å². The average molecular weight is 314 g/mol. The number of esters is 1. The molecule has 7 heteroatoms. The van der Waals surface area contributed by atoms with E-state index in [1.165, 1.54) is 36.7 Å². The molecule has 0 radical (unpaired) electrons. The van der Waals surface area contributed by atoms with Gasteiger partial charge in [-0.1, -0.05) is 6.92 Å². The molecule has 0 aliphatic rings. The molecular formula is C14H22N2O4S. The van der Waals surface area contributed by atoms with Gasteiger partial charge in [0.2, 0.25) is 10.0 Å². The van der Waals surface area contributed by atoms with Gasteiger partial charge in [0.15, 0.2) is 0 Å². The van der Waals surface area contributed by atoms with Gasteiger partial charge >= 0.3 is 5.97 Å². The van der Waals surface area contributed by atoms with E-state index in [-0.39, 0.29) is 16.1 Å². The van der Waals surface area contributed by atoms with Gasteiger partial charge in [-0.2, -0.15) is 4.31 Å². The van der Waals surface area contributed by atoms with Crippen LogP contribution in [0.2, 0.25) is 0 Å². The summed E-state index contributed by atoms with van der Waals surface area (Å²) < 4.78 is 31.5. The first-order valence-corrected chi connectivity index (χ1v) is 7.98. The fraction of sp³-hybridized carbons (Fsp3) is 0.500. The van der Waals surface area contributed by atoms with Crippen molar-refractivity contribution >= 4 is 21.7 Å². The number of ether oxygens (including phenoxy) is 1. The van der Waals surface area contributed by atoms with Crippen LogP contribution in [0.1, 0.15) is 37.6 Å². The topological polar surface area (TPSA) is 89.7 Å². The van der Waals surface area contributed by atoms with Gasteiger partial charge < -0.3 is 10.5 Å². The van der Waals surface area contributed by atoms with Gasteiger partial charge in [-0.25, -0.2) is 13.2 Å². The molecule has 1 aromatic carbocycles. The molecule has 0 heterocycles. The second kappa shape index (κ2) is 6.03. The van der Waals surface area contributed by atoms with Crippen molar-refractivity contribution in [2.24, 2.45) is 0 Å². The second-order valence-corrected chi connectivity index (χ2v) is 7.32. The molecule has 118 valence electrons. The molecule has 2 N–H and O–H groups in total. The SMILES string of the molecule is CCC(C)(C)N(C)S(=O)(=O)c1cc(N)ccc1C(=O)OC. The van der Waals surface area contributed by atoms with Gasteiger partial charge in [-0.3, -0.25) is 0 Å². The lowest BCUT2D eigenvalue weighted by Gasteiger charge is -2.34. The number of nitrogens with two attached hydrogens (primary N) is 1. The molecule has 0 aliphatic carbocycles. The van der Waals surface area contributed by atoms with Crippen molar-refractivity contribution in [2.45, 2.75) is 37.6 Å². The molecule has 0 unspecified atom stereocenters. The molecule has 0 fully saturated rings. The molecule has 6 nitrogen and oxygen atoms in total. The third kappa shape index (κ3) is 3.36. The molecule has 0 bridgehead atoms. The Bertz CT molecular complexity index is 638. The summed E-state index contributed by atoms with van der Waals surface area (Å²) in [5.41, 5.74) is 5.33. The highest BCUT2D eigenvalue weighted by molar-refractivity contribution is 7.89. The molecule has 0 aromatic heterocycles. The Morgan fingerprint density at radius 2 is 1.95 bits per heavy atom. The normalized spacial score (nSPS) is 12.5. The molecule has 21 heavy (non-hydrogen) atoms. The number of rotatable bonds is 5. The second-order valence-electron chi connectivity index (χ2n) is 5.39. The number of methoxy groups -OCH3 is 1. The zero-order valence-corrected chi connectivity index (χ0v) is 13.8. The van der Waals surface area contributed by atoms with Crippen LogP contribution in [0.5, 0.6) is 0 Å². The zero-order valence-electron chi connectivity index (χ0n) is 13.0. The Morgan fingerprint density at radius 1 is 1.38 bits per heavy atom. The predicted molar refractivity (Wildman–Crippen MR) is 81.5 cm³/mol. The molecule has 0 atom stereocenters. The summed E-state index contributed by atoms with van der Waals surface area (Å²) in [6, 6.07) is 4.11. The number of hydrogen-bond acceptors (Lipinski definition) is 5. The summed E-state index contributed by atoms with van der Waals surface area (Å²) in [4.78, 5) is 11.6. The monoisotopic (exact) mass is 314 g/mol. The number of sulfonamides is 1. The molecule has 1 aromatic rings. The van der Waals surface area contributed by atoms with E-state index in [4.69, 9.17) is 5.73 Å². The lowest BCUT2D eigenvalue weighted by atomic mass is 10.0. The van der Waals surface area contributed by atoms with Crippen LogP contribution in [-0.4, -0.2) is 38.4 Å². The van der Waals surface area contributed by atoms with Crippen LogP contribution in [0.4, 0.5) is 5.69 Å². The maximum absolute atomic E-state index is 12.8. The van der Waals surface area contributed by atoms with Crippen LogP contribution in [0, 0.1) is 0 Å². The van der Waals surface area contributed by atoms with Crippen LogP contribution in [0.15, 0.2) is 23.1 Å². The standard InChI is InChI=1S/C14H22N2O4S/c1-6-14(2,3)16(4)21(18,19)12-9-10(15)7-8-11(12)13(17)20-5/h7-9H,6,15H2,1-5H3. The summed E-state index contributed by atoms with van der Waals surface area (Å²) in [5, 5.41) is 0. The van der Waals surface area contributed by atoms with E-state index >= 15 is 0 Å². The lowest BCUT2D eigenvalue weighted by Crippen LogP contribution is -2.44. The number of carbonyl (C=O) groups excluding carboxylic acids is 1. The number of anilines is 1. The quantitative estimate of drug-likeness (QED) is 0.662. The van der Waals surface area contributed by atoms with Crippen molar-refractivity contribution in [1.29, 1.82) is 0 Å². The molecule has 0 saturated carbocycles.